The van der Waals surface area contributed by atoms with Gasteiger partial charge in [-0.25, -0.2) is 8.42 Å². The summed E-state index contributed by atoms with van der Waals surface area (Å²) in [6.07, 6.45) is 1.61. The smallest absolute Gasteiger partial charge is 0.244 e. The van der Waals surface area contributed by atoms with Gasteiger partial charge in [-0.15, -0.1) is 0 Å². The Morgan fingerprint density at radius 3 is 2.47 bits per heavy atom. The third-order valence-electron chi connectivity index (χ3n) is 3.37. The summed E-state index contributed by atoms with van der Waals surface area (Å²) in [6.45, 7) is 1.66. The molecule has 1 N–H and O–H groups in total. The second-order valence-corrected chi connectivity index (χ2v) is 7.39. The minimum atomic E-state index is -3.57. The third-order valence-corrected chi connectivity index (χ3v) is 6.00. The van der Waals surface area contributed by atoms with E-state index < -0.39 is 10.0 Å². The average Bonchev–Trinajstić information content (AvgIpc) is 2.38. The molecule has 0 amide bonds. The first-order valence-corrected chi connectivity index (χ1v) is 8.26. The predicted molar refractivity (Wildman–Crippen MR) is 77.3 cm³/mol. The van der Waals surface area contributed by atoms with Crippen LogP contribution < -0.4 is 5.32 Å². The summed E-state index contributed by atoms with van der Waals surface area (Å²) in [5, 5.41) is 3.80. The van der Waals surface area contributed by atoms with E-state index in [2.05, 4.69) is 5.32 Å². The maximum Gasteiger partial charge on any atom is 0.244 e. The summed E-state index contributed by atoms with van der Waals surface area (Å²) in [7, 11) is -1.96. The molecule has 0 aliphatic carbocycles. The highest BCUT2D eigenvalue weighted by atomic mass is 35.5. The van der Waals surface area contributed by atoms with Crippen LogP contribution in [0.2, 0.25) is 10.0 Å². The summed E-state index contributed by atoms with van der Waals surface area (Å²) >= 11 is 11.8. The molecule has 1 heterocycles. The molecule has 2 rings (SSSR count). The Morgan fingerprint density at radius 1 is 1.26 bits per heavy atom. The van der Waals surface area contributed by atoms with Crippen LogP contribution in [0, 0.1) is 0 Å². The van der Waals surface area contributed by atoms with Crippen molar-refractivity contribution in [2.24, 2.45) is 0 Å². The van der Waals surface area contributed by atoms with Crippen molar-refractivity contribution in [1.82, 2.24) is 9.62 Å². The van der Waals surface area contributed by atoms with E-state index in [9.17, 15) is 8.42 Å². The largest absolute Gasteiger partial charge is 0.317 e. The lowest BCUT2D eigenvalue weighted by atomic mass is 10.1. The average molecular weight is 323 g/mol. The van der Waals surface area contributed by atoms with Crippen LogP contribution in [0.5, 0.6) is 0 Å². The Hall–Kier alpha value is -0.330. The minimum Gasteiger partial charge on any atom is -0.317 e. The molecule has 0 unspecified atom stereocenters. The molecule has 7 heteroatoms. The van der Waals surface area contributed by atoms with Crippen LogP contribution in [0.3, 0.4) is 0 Å². The van der Waals surface area contributed by atoms with E-state index in [1.807, 2.05) is 0 Å². The zero-order chi connectivity index (χ0) is 14.0. The van der Waals surface area contributed by atoms with Gasteiger partial charge in [-0.05, 0) is 44.1 Å². The molecule has 0 atom stereocenters. The van der Waals surface area contributed by atoms with Crippen LogP contribution in [-0.2, 0) is 10.0 Å². The first-order chi connectivity index (χ1) is 8.93. The normalized spacial score (nSPS) is 17.9. The lowest BCUT2D eigenvalue weighted by molar-refractivity contribution is 0.296. The molecule has 0 bridgehead atoms. The fraction of sp³-hybridized carbons (Fsp3) is 0.500. The van der Waals surface area contributed by atoms with E-state index in [1.54, 1.807) is 7.05 Å². The van der Waals surface area contributed by atoms with E-state index in [-0.39, 0.29) is 16.0 Å². The molecule has 1 aliphatic heterocycles. The van der Waals surface area contributed by atoms with Crippen molar-refractivity contribution in [2.45, 2.75) is 23.8 Å². The molecule has 4 nitrogen and oxygen atoms in total. The van der Waals surface area contributed by atoms with Crippen LogP contribution in [0.4, 0.5) is 0 Å². The number of rotatable bonds is 3. The molecule has 19 heavy (non-hydrogen) atoms. The number of piperidine rings is 1. The zero-order valence-corrected chi connectivity index (χ0v) is 12.9. The van der Waals surface area contributed by atoms with E-state index in [4.69, 9.17) is 23.2 Å². The van der Waals surface area contributed by atoms with Crippen molar-refractivity contribution in [1.29, 1.82) is 0 Å². The van der Waals surface area contributed by atoms with Gasteiger partial charge in [0.05, 0.1) is 5.02 Å². The fourth-order valence-corrected chi connectivity index (χ4v) is 4.37. The number of benzene rings is 1. The van der Waals surface area contributed by atoms with Crippen LogP contribution in [0.1, 0.15) is 12.8 Å². The van der Waals surface area contributed by atoms with Crippen molar-refractivity contribution in [3.8, 4) is 0 Å². The summed E-state index contributed by atoms with van der Waals surface area (Å²) in [5.74, 6) is 0. The fourth-order valence-electron chi connectivity index (χ4n) is 2.21. The summed E-state index contributed by atoms with van der Waals surface area (Å²) in [4.78, 5) is 0.111. The van der Waals surface area contributed by atoms with Crippen molar-refractivity contribution >= 4 is 33.2 Å². The standard InChI is InChI=1S/C12H16Cl2N2O2S/c1-16(10-4-6-15-7-5-10)19(17,18)12-3-2-9(13)8-11(12)14/h2-3,8,10,15H,4-7H2,1H3. The van der Waals surface area contributed by atoms with Crippen molar-refractivity contribution in [2.75, 3.05) is 20.1 Å². The maximum absolute atomic E-state index is 12.5. The first kappa shape index (κ1) is 15.1. The van der Waals surface area contributed by atoms with Crippen LogP contribution >= 0.6 is 23.2 Å². The maximum atomic E-state index is 12.5. The SMILES string of the molecule is CN(C1CCNCC1)S(=O)(=O)c1ccc(Cl)cc1Cl. The summed E-state index contributed by atoms with van der Waals surface area (Å²) in [6, 6.07) is 4.46. The van der Waals surface area contributed by atoms with Gasteiger partial charge in [0.25, 0.3) is 0 Å². The molecule has 0 aromatic heterocycles. The monoisotopic (exact) mass is 322 g/mol. The van der Waals surface area contributed by atoms with Gasteiger partial charge in [0, 0.05) is 18.1 Å². The van der Waals surface area contributed by atoms with E-state index in [0.29, 0.717) is 5.02 Å². The molecule has 1 saturated heterocycles. The lowest BCUT2D eigenvalue weighted by Crippen LogP contribution is -2.43. The van der Waals surface area contributed by atoms with Gasteiger partial charge in [0.1, 0.15) is 4.90 Å². The Kier molecular flexibility index (Phi) is 4.74. The molecule has 0 radical (unpaired) electrons. The number of sulfonamides is 1. The molecule has 1 aromatic carbocycles. The number of hydrogen-bond donors (Lipinski definition) is 1. The molecule has 106 valence electrons. The topological polar surface area (TPSA) is 49.4 Å². The molecule has 1 fully saturated rings. The molecular formula is C12H16Cl2N2O2S. The van der Waals surface area contributed by atoms with Crippen molar-refractivity contribution < 1.29 is 8.42 Å². The van der Waals surface area contributed by atoms with Crippen LogP contribution in [0.15, 0.2) is 23.1 Å². The highest BCUT2D eigenvalue weighted by molar-refractivity contribution is 7.89. The lowest BCUT2D eigenvalue weighted by Gasteiger charge is -2.31. The second-order valence-electron chi connectivity index (χ2n) is 4.58. The minimum absolute atomic E-state index is 0.0120. The van der Waals surface area contributed by atoms with E-state index >= 15 is 0 Å². The second kappa shape index (κ2) is 5.97. The Morgan fingerprint density at radius 2 is 1.89 bits per heavy atom. The molecule has 0 spiro atoms. The molecule has 0 saturated carbocycles. The third kappa shape index (κ3) is 3.23. The summed E-state index contributed by atoms with van der Waals surface area (Å²) < 4.78 is 26.5. The number of hydrogen-bond acceptors (Lipinski definition) is 3. The van der Waals surface area contributed by atoms with Gasteiger partial charge in [0.2, 0.25) is 10.0 Å². The highest BCUT2D eigenvalue weighted by Gasteiger charge is 2.30. The number of nitrogens with one attached hydrogen (secondary N) is 1. The van der Waals surface area contributed by atoms with Gasteiger partial charge in [0.15, 0.2) is 0 Å². The number of halogens is 2. The summed E-state index contributed by atoms with van der Waals surface area (Å²) in [5.41, 5.74) is 0. The van der Waals surface area contributed by atoms with E-state index in [1.165, 1.54) is 22.5 Å². The Labute approximate surface area is 123 Å². The molecular weight excluding hydrogens is 307 g/mol. The first-order valence-electron chi connectivity index (χ1n) is 6.07. The van der Waals surface area contributed by atoms with E-state index in [0.717, 1.165) is 25.9 Å². The molecule has 1 aromatic rings. The predicted octanol–water partition coefficient (Wildman–Crippen LogP) is 2.37. The van der Waals surface area contributed by atoms with Crippen molar-refractivity contribution in [3.63, 3.8) is 0 Å². The van der Waals surface area contributed by atoms with Crippen LogP contribution in [-0.4, -0.2) is 38.9 Å². The van der Waals surface area contributed by atoms with Gasteiger partial charge in [-0.1, -0.05) is 23.2 Å². The van der Waals surface area contributed by atoms with Crippen molar-refractivity contribution in [3.05, 3.63) is 28.2 Å². The van der Waals surface area contributed by atoms with Gasteiger partial charge in [-0.2, -0.15) is 4.31 Å². The zero-order valence-electron chi connectivity index (χ0n) is 10.6. The van der Waals surface area contributed by atoms with Gasteiger partial charge < -0.3 is 5.32 Å². The Balaban J connectivity index is 2.30. The van der Waals surface area contributed by atoms with Gasteiger partial charge >= 0.3 is 0 Å². The highest BCUT2D eigenvalue weighted by Crippen LogP contribution is 2.28. The van der Waals surface area contributed by atoms with Crippen LogP contribution in [0.25, 0.3) is 0 Å². The Bertz CT molecular complexity index is 557. The number of nitrogens with zero attached hydrogens (tertiary/aromatic N) is 1. The van der Waals surface area contributed by atoms with Gasteiger partial charge in [-0.3, -0.25) is 0 Å². The molecule has 1 aliphatic rings. The quantitative estimate of drug-likeness (QED) is 0.929.